The lowest BCUT2D eigenvalue weighted by molar-refractivity contribution is 0.0736. The summed E-state index contributed by atoms with van der Waals surface area (Å²) in [5.74, 6) is -2.33. The number of benzene rings is 1. The zero-order valence-electron chi connectivity index (χ0n) is 15.7. The third-order valence-corrected chi connectivity index (χ3v) is 5.48. The molecule has 10 heteroatoms. The molecule has 0 radical (unpaired) electrons. The van der Waals surface area contributed by atoms with Crippen molar-refractivity contribution in [1.82, 2.24) is 20.2 Å². The SMILES string of the molecule is O=C(Nc1ccncc1C(=O)N1CCNCC1)c1csc(-c2c(F)cccc2F)n1. The minimum atomic E-state index is -0.755. The molecule has 4 rings (SSSR count). The number of pyridine rings is 1. The highest BCUT2D eigenvalue weighted by Gasteiger charge is 2.23. The molecule has 3 aromatic rings. The van der Waals surface area contributed by atoms with Crippen molar-refractivity contribution in [3.63, 3.8) is 0 Å². The van der Waals surface area contributed by atoms with Crippen LogP contribution in [0.15, 0.2) is 42.0 Å². The van der Waals surface area contributed by atoms with Gasteiger partial charge in [0.05, 0.1) is 16.8 Å². The Morgan fingerprint density at radius 2 is 1.87 bits per heavy atom. The van der Waals surface area contributed by atoms with Crippen LogP contribution in [0, 0.1) is 11.6 Å². The van der Waals surface area contributed by atoms with Crippen LogP contribution in [0.25, 0.3) is 10.6 Å². The number of nitrogens with zero attached hydrogens (tertiary/aromatic N) is 3. The molecule has 1 aliphatic rings. The van der Waals surface area contributed by atoms with Gasteiger partial charge in [0.15, 0.2) is 0 Å². The van der Waals surface area contributed by atoms with Gasteiger partial charge in [-0.15, -0.1) is 11.3 Å². The number of amides is 2. The second-order valence-electron chi connectivity index (χ2n) is 6.55. The van der Waals surface area contributed by atoms with Crippen molar-refractivity contribution >= 4 is 28.8 Å². The van der Waals surface area contributed by atoms with Crippen molar-refractivity contribution in [2.24, 2.45) is 0 Å². The Balaban J connectivity index is 1.55. The van der Waals surface area contributed by atoms with Gasteiger partial charge in [-0.2, -0.15) is 0 Å². The molecule has 0 atom stereocenters. The second kappa shape index (κ2) is 8.64. The lowest BCUT2D eigenvalue weighted by Crippen LogP contribution is -2.46. The number of anilines is 1. The topological polar surface area (TPSA) is 87.2 Å². The fraction of sp³-hybridized carbons (Fsp3) is 0.200. The summed E-state index contributed by atoms with van der Waals surface area (Å²) in [5.41, 5.74) is 0.281. The van der Waals surface area contributed by atoms with Crippen LogP contribution in [-0.2, 0) is 0 Å². The smallest absolute Gasteiger partial charge is 0.275 e. The highest BCUT2D eigenvalue weighted by atomic mass is 32.1. The summed E-state index contributed by atoms with van der Waals surface area (Å²) in [6.45, 7) is 2.51. The van der Waals surface area contributed by atoms with E-state index in [2.05, 4.69) is 20.6 Å². The monoisotopic (exact) mass is 429 g/mol. The minimum absolute atomic E-state index is 0.00460. The van der Waals surface area contributed by atoms with E-state index >= 15 is 0 Å². The number of carbonyl (C=O) groups is 2. The molecule has 2 N–H and O–H groups in total. The zero-order valence-corrected chi connectivity index (χ0v) is 16.5. The highest BCUT2D eigenvalue weighted by Crippen LogP contribution is 2.29. The van der Waals surface area contributed by atoms with Gasteiger partial charge in [0.25, 0.3) is 11.8 Å². The summed E-state index contributed by atoms with van der Waals surface area (Å²) >= 11 is 0.957. The summed E-state index contributed by atoms with van der Waals surface area (Å²) < 4.78 is 28.0. The maximum Gasteiger partial charge on any atom is 0.275 e. The Kier molecular flexibility index (Phi) is 5.77. The molecule has 2 aromatic heterocycles. The van der Waals surface area contributed by atoms with Crippen molar-refractivity contribution in [2.45, 2.75) is 0 Å². The van der Waals surface area contributed by atoms with Gasteiger partial charge >= 0.3 is 0 Å². The molecule has 1 fully saturated rings. The molecule has 0 unspecified atom stereocenters. The second-order valence-corrected chi connectivity index (χ2v) is 7.41. The molecule has 154 valence electrons. The van der Waals surface area contributed by atoms with Crippen LogP contribution in [0.2, 0.25) is 0 Å². The molecular weight excluding hydrogens is 412 g/mol. The molecule has 1 aromatic carbocycles. The Labute approximate surface area is 174 Å². The van der Waals surface area contributed by atoms with Gasteiger partial charge in [-0.3, -0.25) is 14.6 Å². The van der Waals surface area contributed by atoms with Crippen LogP contribution in [0.1, 0.15) is 20.8 Å². The van der Waals surface area contributed by atoms with E-state index in [9.17, 15) is 18.4 Å². The first kappa shape index (κ1) is 20.0. The number of carbonyl (C=O) groups excluding carboxylic acids is 2. The zero-order chi connectivity index (χ0) is 21.1. The molecule has 3 heterocycles. The molecule has 1 saturated heterocycles. The van der Waals surface area contributed by atoms with Crippen LogP contribution >= 0.6 is 11.3 Å². The lowest BCUT2D eigenvalue weighted by atomic mass is 10.2. The largest absolute Gasteiger partial charge is 0.336 e. The van der Waals surface area contributed by atoms with Crippen LogP contribution in [0.4, 0.5) is 14.5 Å². The number of piperazine rings is 1. The van der Waals surface area contributed by atoms with E-state index in [1.807, 2.05) is 0 Å². The van der Waals surface area contributed by atoms with Crippen molar-refractivity contribution in [3.05, 3.63) is 64.9 Å². The summed E-state index contributed by atoms with van der Waals surface area (Å²) in [7, 11) is 0. The average Bonchev–Trinajstić information content (AvgIpc) is 3.24. The number of nitrogens with one attached hydrogen (secondary N) is 2. The quantitative estimate of drug-likeness (QED) is 0.666. The van der Waals surface area contributed by atoms with Crippen molar-refractivity contribution in [1.29, 1.82) is 0 Å². The Morgan fingerprint density at radius 3 is 2.60 bits per heavy atom. The Bertz CT molecular complexity index is 1080. The summed E-state index contributed by atoms with van der Waals surface area (Å²) in [4.78, 5) is 35.2. The van der Waals surface area contributed by atoms with E-state index in [0.717, 1.165) is 23.5 Å². The molecule has 0 saturated carbocycles. The minimum Gasteiger partial charge on any atom is -0.336 e. The van der Waals surface area contributed by atoms with Gasteiger partial charge in [-0.1, -0.05) is 6.07 Å². The van der Waals surface area contributed by atoms with Crippen LogP contribution in [-0.4, -0.2) is 52.9 Å². The van der Waals surface area contributed by atoms with Gasteiger partial charge in [0, 0.05) is 44.0 Å². The first-order valence-corrected chi connectivity index (χ1v) is 10.1. The molecule has 0 bridgehead atoms. The Hall–Kier alpha value is -3.24. The van der Waals surface area contributed by atoms with Crippen LogP contribution < -0.4 is 10.6 Å². The van der Waals surface area contributed by atoms with Crippen LogP contribution in [0.5, 0.6) is 0 Å². The van der Waals surface area contributed by atoms with Gasteiger partial charge < -0.3 is 15.5 Å². The molecular formula is C20H17F2N5O2S. The number of halogens is 2. The standard InChI is InChI=1S/C20H17F2N5O2S/c21-13-2-1-3-14(22)17(13)19-26-16(11-30-19)18(28)25-15-4-5-24-10-12(15)20(29)27-8-6-23-7-9-27/h1-5,10-11,23H,6-9H2,(H,24,25,28). The van der Waals surface area contributed by atoms with E-state index < -0.39 is 17.5 Å². The van der Waals surface area contributed by atoms with Gasteiger partial charge in [-0.25, -0.2) is 13.8 Å². The molecule has 7 nitrogen and oxygen atoms in total. The van der Waals surface area contributed by atoms with E-state index in [4.69, 9.17) is 0 Å². The fourth-order valence-corrected chi connectivity index (χ4v) is 3.94. The predicted octanol–water partition coefficient (Wildman–Crippen LogP) is 2.78. The molecule has 2 amide bonds. The third-order valence-electron chi connectivity index (χ3n) is 4.62. The molecule has 0 aliphatic carbocycles. The van der Waals surface area contributed by atoms with Crippen molar-refractivity contribution in [3.8, 4) is 10.6 Å². The van der Waals surface area contributed by atoms with E-state index in [0.29, 0.717) is 31.9 Å². The number of hydrogen-bond acceptors (Lipinski definition) is 6. The molecule has 30 heavy (non-hydrogen) atoms. The van der Waals surface area contributed by atoms with Gasteiger partial charge in [-0.05, 0) is 18.2 Å². The number of thiazole rings is 1. The van der Waals surface area contributed by atoms with Gasteiger partial charge in [0.1, 0.15) is 22.3 Å². The lowest BCUT2D eigenvalue weighted by Gasteiger charge is -2.28. The third kappa shape index (κ3) is 4.05. The summed E-state index contributed by atoms with van der Waals surface area (Å²) in [6.07, 6.45) is 2.87. The van der Waals surface area contributed by atoms with Crippen molar-refractivity contribution < 1.29 is 18.4 Å². The number of hydrogen-bond donors (Lipinski definition) is 2. The van der Waals surface area contributed by atoms with Crippen LogP contribution in [0.3, 0.4) is 0 Å². The number of rotatable bonds is 4. The fourth-order valence-electron chi connectivity index (χ4n) is 3.09. The summed E-state index contributed by atoms with van der Waals surface area (Å²) in [5, 5.41) is 7.30. The van der Waals surface area contributed by atoms with Crippen molar-refractivity contribution in [2.75, 3.05) is 31.5 Å². The van der Waals surface area contributed by atoms with Gasteiger partial charge in [0.2, 0.25) is 0 Å². The average molecular weight is 429 g/mol. The normalized spacial score (nSPS) is 13.9. The maximum absolute atomic E-state index is 14.0. The first-order chi connectivity index (χ1) is 14.5. The first-order valence-electron chi connectivity index (χ1n) is 9.20. The van der Waals surface area contributed by atoms with E-state index in [1.54, 1.807) is 4.90 Å². The predicted molar refractivity (Wildman–Crippen MR) is 108 cm³/mol. The van der Waals surface area contributed by atoms with E-state index in [-0.39, 0.29) is 27.7 Å². The maximum atomic E-state index is 14.0. The highest BCUT2D eigenvalue weighted by molar-refractivity contribution is 7.13. The summed E-state index contributed by atoms with van der Waals surface area (Å²) in [6, 6.07) is 5.04. The van der Waals surface area contributed by atoms with E-state index in [1.165, 1.54) is 29.9 Å². The molecule has 0 spiro atoms. The Morgan fingerprint density at radius 1 is 1.13 bits per heavy atom. The number of aromatic nitrogens is 2. The molecule has 1 aliphatic heterocycles.